The molecule has 0 unspecified atom stereocenters. The Morgan fingerprint density at radius 3 is 2.34 bits per heavy atom. The molecule has 0 radical (unpaired) electrons. The molecule has 1 amide bonds. The van der Waals surface area contributed by atoms with Crippen molar-refractivity contribution < 1.29 is 17.9 Å². The highest BCUT2D eigenvalue weighted by molar-refractivity contribution is 7.98. The van der Waals surface area contributed by atoms with Crippen molar-refractivity contribution in [2.24, 2.45) is 0 Å². The molecule has 0 saturated carbocycles. The van der Waals surface area contributed by atoms with Crippen LogP contribution in [0.4, 0.5) is 5.69 Å². The van der Waals surface area contributed by atoms with Crippen molar-refractivity contribution in [3.05, 3.63) is 48.0 Å². The zero-order valence-electron chi connectivity index (χ0n) is 16.8. The van der Waals surface area contributed by atoms with E-state index in [1.165, 1.54) is 23.9 Å². The van der Waals surface area contributed by atoms with E-state index in [1.807, 2.05) is 20.1 Å². The zero-order chi connectivity index (χ0) is 21.0. The first-order valence-corrected chi connectivity index (χ1v) is 12.3. The van der Waals surface area contributed by atoms with Crippen molar-refractivity contribution in [2.45, 2.75) is 42.6 Å². The molecule has 2 aromatic rings. The number of thioether (sulfide) groups is 1. The number of hydrogen-bond donors (Lipinski definition) is 1. The second kappa shape index (κ2) is 9.09. The van der Waals surface area contributed by atoms with Gasteiger partial charge in [-0.05, 0) is 75.4 Å². The minimum absolute atomic E-state index is 0.0408. The number of nitrogens with one attached hydrogen (secondary N) is 1. The number of sulfonamides is 1. The number of anilines is 1. The largest absolute Gasteiger partial charge is 0.491 e. The summed E-state index contributed by atoms with van der Waals surface area (Å²) in [6, 6.07) is 11.5. The van der Waals surface area contributed by atoms with E-state index in [-0.39, 0.29) is 16.9 Å². The lowest BCUT2D eigenvalue weighted by atomic mass is 10.2. The lowest BCUT2D eigenvalue weighted by molar-refractivity contribution is 0.0789. The highest BCUT2D eigenvalue weighted by atomic mass is 32.2. The topological polar surface area (TPSA) is 75.7 Å². The fourth-order valence-corrected chi connectivity index (χ4v) is 4.85. The lowest BCUT2D eigenvalue weighted by Crippen LogP contribution is -2.28. The molecule has 1 aliphatic rings. The molecule has 1 saturated heterocycles. The molecule has 1 N–H and O–H groups in total. The summed E-state index contributed by atoms with van der Waals surface area (Å²) >= 11 is 1.44. The van der Waals surface area contributed by atoms with Crippen molar-refractivity contribution in [1.29, 1.82) is 0 Å². The van der Waals surface area contributed by atoms with E-state index in [1.54, 1.807) is 35.2 Å². The predicted molar refractivity (Wildman–Crippen MR) is 116 cm³/mol. The van der Waals surface area contributed by atoms with Gasteiger partial charge in [-0.3, -0.25) is 9.52 Å². The number of amides is 1. The van der Waals surface area contributed by atoms with Crippen molar-refractivity contribution in [1.82, 2.24) is 4.90 Å². The fourth-order valence-electron chi connectivity index (χ4n) is 3.20. The third-order valence-corrected chi connectivity index (χ3v) is 6.76. The molecule has 156 valence electrons. The predicted octanol–water partition coefficient (Wildman–Crippen LogP) is 4.23. The molecule has 6 nitrogen and oxygen atoms in total. The van der Waals surface area contributed by atoms with Crippen molar-refractivity contribution in [2.75, 3.05) is 24.1 Å². The van der Waals surface area contributed by atoms with Gasteiger partial charge >= 0.3 is 0 Å². The van der Waals surface area contributed by atoms with Crippen LogP contribution in [-0.4, -0.2) is 44.7 Å². The van der Waals surface area contributed by atoms with Gasteiger partial charge < -0.3 is 9.64 Å². The summed E-state index contributed by atoms with van der Waals surface area (Å²) in [7, 11) is -3.82. The first-order valence-electron chi connectivity index (χ1n) is 9.57. The van der Waals surface area contributed by atoms with E-state index in [2.05, 4.69) is 4.72 Å². The number of hydrogen-bond acceptors (Lipinski definition) is 5. The Morgan fingerprint density at radius 1 is 1.10 bits per heavy atom. The molecule has 8 heteroatoms. The van der Waals surface area contributed by atoms with Crippen LogP contribution >= 0.6 is 11.8 Å². The van der Waals surface area contributed by atoms with Crippen LogP contribution in [0.3, 0.4) is 0 Å². The standard InChI is InChI=1S/C21H26N2O4S2/c1-15(2)27-17-8-6-16(7-9-17)22-29(25,26)18-10-11-20(28-3)19(14-18)21(24)23-12-4-5-13-23/h6-11,14-15,22H,4-5,12-13H2,1-3H3. The summed E-state index contributed by atoms with van der Waals surface area (Å²) in [4.78, 5) is 15.5. The molecule has 1 heterocycles. The average Bonchev–Trinajstić information content (AvgIpc) is 3.22. The first-order chi connectivity index (χ1) is 13.8. The van der Waals surface area contributed by atoms with Gasteiger partial charge in [0.1, 0.15) is 5.75 Å². The Hall–Kier alpha value is -2.19. The number of likely N-dealkylation sites (tertiary alicyclic amines) is 1. The molecule has 29 heavy (non-hydrogen) atoms. The maximum absolute atomic E-state index is 12.9. The summed E-state index contributed by atoms with van der Waals surface area (Å²) in [6.45, 7) is 5.28. The minimum Gasteiger partial charge on any atom is -0.491 e. The molecule has 1 aliphatic heterocycles. The van der Waals surface area contributed by atoms with E-state index in [9.17, 15) is 13.2 Å². The summed E-state index contributed by atoms with van der Waals surface area (Å²) in [5.41, 5.74) is 0.866. The van der Waals surface area contributed by atoms with Crippen LogP contribution in [0.5, 0.6) is 5.75 Å². The van der Waals surface area contributed by atoms with Gasteiger partial charge in [-0.25, -0.2) is 8.42 Å². The van der Waals surface area contributed by atoms with E-state index in [4.69, 9.17) is 4.74 Å². The van der Waals surface area contributed by atoms with E-state index < -0.39 is 10.0 Å². The molecule has 3 rings (SSSR count). The Kier molecular flexibility index (Phi) is 6.74. The molecule has 0 atom stereocenters. The van der Waals surface area contributed by atoms with Crippen LogP contribution in [0.15, 0.2) is 52.3 Å². The maximum atomic E-state index is 12.9. The van der Waals surface area contributed by atoms with Gasteiger partial charge in [-0.2, -0.15) is 0 Å². The summed E-state index contributed by atoms with van der Waals surface area (Å²) in [5.74, 6) is 0.560. The normalized spacial score (nSPS) is 14.3. The number of rotatable bonds is 7. The Labute approximate surface area is 176 Å². The zero-order valence-corrected chi connectivity index (χ0v) is 18.5. The fraction of sp³-hybridized carbons (Fsp3) is 0.381. The van der Waals surface area contributed by atoms with Crippen LogP contribution in [0, 0.1) is 0 Å². The van der Waals surface area contributed by atoms with Gasteiger partial charge in [0.05, 0.1) is 16.6 Å². The second-order valence-corrected chi connectivity index (χ2v) is 9.69. The maximum Gasteiger partial charge on any atom is 0.261 e. The number of carbonyl (C=O) groups excluding carboxylic acids is 1. The number of benzene rings is 2. The monoisotopic (exact) mass is 434 g/mol. The molecule has 0 aliphatic carbocycles. The highest BCUT2D eigenvalue weighted by Gasteiger charge is 2.24. The first kappa shape index (κ1) is 21.5. The smallest absolute Gasteiger partial charge is 0.261 e. The summed E-state index contributed by atoms with van der Waals surface area (Å²) in [5, 5.41) is 0. The molecule has 0 spiro atoms. The van der Waals surface area contributed by atoms with Crippen molar-refractivity contribution >= 4 is 33.4 Å². The number of nitrogens with zero attached hydrogens (tertiary/aromatic N) is 1. The highest BCUT2D eigenvalue weighted by Crippen LogP contribution is 2.27. The average molecular weight is 435 g/mol. The summed E-state index contributed by atoms with van der Waals surface area (Å²) in [6.07, 6.45) is 3.88. The van der Waals surface area contributed by atoms with E-state index in [0.717, 1.165) is 17.7 Å². The van der Waals surface area contributed by atoms with Crippen LogP contribution in [-0.2, 0) is 10.0 Å². The van der Waals surface area contributed by atoms with E-state index >= 15 is 0 Å². The molecular weight excluding hydrogens is 408 g/mol. The second-order valence-electron chi connectivity index (χ2n) is 7.16. The van der Waals surface area contributed by atoms with Crippen molar-refractivity contribution in [3.8, 4) is 5.75 Å². The Morgan fingerprint density at radius 2 is 1.76 bits per heavy atom. The molecule has 0 aromatic heterocycles. The minimum atomic E-state index is -3.82. The number of carbonyl (C=O) groups is 1. The quantitative estimate of drug-likeness (QED) is 0.660. The third kappa shape index (κ3) is 5.25. The molecule has 2 aromatic carbocycles. The van der Waals surface area contributed by atoms with Gasteiger partial charge in [0, 0.05) is 23.7 Å². The SMILES string of the molecule is CSc1ccc(S(=O)(=O)Nc2ccc(OC(C)C)cc2)cc1C(=O)N1CCCC1. The van der Waals surface area contributed by atoms with E-state index in [0.29, 0.717) is 30.1 Å². The molecule has 1 fully saturated rings. The lowest BCUT2D eigenvalue weighted by Gasteiger charge is -2.18. The third-order valence-electron chi connectivity index (χ3n) is 4.58. The van der Waals surface area contributed by atoms with Gasteiger partial charge in [0.15, 0.2) is 0 Å². The Balaban J connectivity index is 1.84. The van der Waals surface area contributed by atoms with Gasteiger partial charge in [0.25, 0.3) is 15.9 Å². The van der Waals surface area contributed by atoms with Gasteiger partial charge in [-0.1, -0.05) is 0 Å². The van der Waals surface area contributed by atoms with Crippen LogP contribution in [0.25, 0.3) is 0 Å². The van der Waals surface area contributed by atoms with Crippen LogP contribution < -0.4 is 9.46 Å². The number of ether oxygens (including phenoxy) is 1. The van der Waals surface area contributed by atoms with Gasteiger partial charge in [0.2, 0.25) is 0 Å². The van der Waals surface area contributed by atoms with Crippen molar-refractivity contribution in [3.63, 3.8) is 0 Å². The summed E-state index contributed by atoms with van der Waals surface area (Å²) < 4.78 is 33.9. The van der Waals surface area contributed by atoms with Crippen LogP contribution in [0.2, 0.25) is 0 Å². The molecular formula is C21H26N2O4S2. The van der Waals surface area contributed by atoms with Gasteiger partial charge in [-0.15, -0.1) is 11.8 Å². The molecule has 0 bridgehead atoms. The Bertz CT molecular complexity index is 967. The van der Waals surface area contributed by atoms with Crippen LogP contribution in [0.1, 0.15) is 37.0 Å².